The summed E-state index contributed by atoms with van der Waals surface area (Å²) in [7, 11) is 0. The molecule has 1 aromatic carbocycles. The second-order valence-electron chi connectivity index (χ2n) is 7.88. The van der Waals surface area contributed by atoms with Crippen molar-refractivity contribution in [2.75, 3.05) is 26.2 Å². The lowest BCUT2D eigenvalue weighted by molar-refractivity contribution is -0.0385. The summed E-state index contributed by atoms with van der Waals surface area (Å²) in [4.78, 5) is 2.35. The number of β-amino-alcohol motifs (C(OH)–C–C–N with tert-alkyl or cyclic N) is 1. The summed E-state index contributed by atoms with van der Waals surface area (Å²) in [6, 6.07) is 6.78. The fraction of sp³-hybridized carbons (Fsp3) is 0.600. The number of piperidine rings is 1. The third kappa shape index (κ3) is 3.48. The molecule has 1 N–H and O–H groups in total. The van der Waals surface area contributed by atoms with Gasteiger partial charge in [0.05, 0.1) is 12.8 Å². The van der Waals surface area contributed by atoms with Crippen LogP contribution in [0.25, 0.3) is 0 Å². The van der Waals surface area contributed by atoms with Gasteiger partial charge in [-0.15, -0.1) is 5.10 Å². The van der Waals surface area contributed by atoms with Crippen molar-refractivity contribution in [3.8, 4) is 5.75 Å². The Kier molecular flexibility index (Phi) is 4.71. The Bertz CT molecular complexity index is 773. The van der Waals surface area contributed by atoms with Crippen molar-refractivity contribution in [3.63, 3.8) is 0 Å². The average molecular weight is 356 g/mol. The molecule has 0 amide bonds. The number of aromatic nitrogens is 3. The van der Waals surface area contributed by atoms with Crippen molar-refractivity contribution < 1.29 is 9.84 Å². The van der Waals surface area contributed by atoms with Crippen LogP contribution in [0.4, 0.5) is 0 Å². The van der Waals surface area contributed by atoms with Gasteiger partial charge in [-0.25, -0.2) is 4.68 Å². The Morgan fingerprint density at radius 3 is 3.04 bits per heavy atom. The molecule has 1 fully saturated rings. The highest BCUT2D eigenvalue weighted by Crippen LogP contribution is 2.31. The summed E-state index contributed by atoms with van der Waals surface area (Å²) >= 11 is 0. The number of benzene rings is 1. The summed E-state index contributed by atoms with van der Waals surface area (Å²) in [6.07, 6.45) is 5.62. The van der Waals surface area contributed by atoms with Gasteiger partial charge in [0.15, 0.2) is 0 Å². The van der Waals surface area contributed by atoms with Crippen LogP contribution in [0.3, 0.4) is 0 Å². The minimum absolute atomic E-state index is 0.253. The predicted octanol–water partition coefficient (Wildman–Crippen LogP) is 2.32. The van der Waals surface area contributed by atoms with Crippen molar-refractivity contribution in [2.45, 2.75) is 51.2 Å². The van der Waals surface area contributed by atoms with Gasteiger partial charge < -0.3 is 9.84 Å². The Labute approximate surface area is 154 Å². The van der Waals surface area contributed by atoms with Gasteiger partial charge in [0, 0.05) is 25.6 Å². The van der Waals surface area contributed by atoms with Crippen LogP contribution in [0.1, 0.15) is 49.6 Å². The molecule has 4 rings (SSSR count). The van der Waals surface area contributed by atoms with Crippen LogP contribution >= 0.6 is 0 Å². The molecule has 2 aliphatic rings. The standard InChI is InChI=1S/C20H28N4O2/c1-15(2)24-13-19(21-22-24)20(25)8-3-9-23(14-20)10-6-16-4-5-18-17(12-16)7-11-26-18/h4-5,12-13,15,25H,3,6-11,14H2,1-2H3/t20-/m1/s1. The van der Waals surface area contributed by atoms with Gasteiger partial charge >= 0.3 is 0 Å². The topological polar surface area (TPSA) is 63.4 Å². The van der Waals surface area contributed by atoms with Crippen molar-refractivity contribution >= 4 is 0 Å². The molecular weight excluding hydrogens is 328 g/mol. The largest absolute Gasteiger partial charge is 0.493 e. The number of fused-ring (bicyclic) bond motifs is 1. The number of rotatable bonds is 5. The van der Waals surface area contributed by atoms with E-state index in [1.54, 1.807) is 0 Å². The molecule has 2 aliphatic heterocycles. The van der Waals surface area contributed by atoms with Crippen LogP contribution in [0.5, 0.6) is 5.75 Å². The first-order valence-electron chi connectivity index (χ1n) is 9.65. The van der Waals surface area contributed by atoms with Gasteiger partial charge in [-0.3, -0.25) is 4.90 Å². The monoisotopic (exact) mass is 356 g/mol. The first kappa shape index (κ1) is 17.5. The smallest absolute Gasteiger partial charge is 0.123 e. The summed E-state index contributed by atoms with van der Waals surface area (Å²) < 4.78 is 7.40. The highest BCUT2D eigenvalue weighted by Gasteiger charge is 2.37. The second-order valence-corrected chi connectivity index (χ2v) is 7.88. The number of hydrogen-bond acceptors (Lipinski definition) is 5. The van der Waals surface area contributed by atoms with E-state index in [2.05, 4.69) is 47.3 Å². The number of nitrogens with zero attached hydrogens (tertiary/aromatic N) is 4. The molecule has 1 aromatic heterocycles. The summed E-state index contributed by atoms with van der Waals surface area (Å²) in [5.41, 5.74) is 2.47. The molecule has 2 aromatic rings. The lowest BCUT2D eigenvalue weighted by Gasteiger charge is -2.38. The quantitative estimate of drug-likeness (QED) is 0.891. The second kappa shape index (κ2) is 7.00. The van der Waals surface area contributed by atoms with Crippen LogP contribution in [0, 0.1) is 0 Å². The van der Waals surface area contributed by atoms with Crippen molar-refractivity contribution in [1.82, 2.24) is 19.9 Å². The van der Waals surface area contributed by atoms with Gasteiger partial charge in [0.1, 0.15) is 17.0 Å². The maximum absolute atomic E-state index is 11.2. The van der Waals surface area contributed by atoms with E-state index < -0.39 is 5.60 Å². The van der Waals surface area contributed by atoms with E-state index in [0.29, 0.717) is 12.2 Å². The Morgan fingerprint density at radius 1 is 1.35 bits per heavy atom. The molecule has 140 valence electrons. The van der Waals surface area contributed by atoms with Crippen LogP contribution in [-0.4, -0.2) is 51.2 Å². The average Bonchev–Trinajstić information content (AvgIpc) is 3.29. The molecule has 0 unspecified atom stereocenters. The van der Waals surface area contributed by atoms with Gasteiger partial charge in [0.25, 0.3) is 0 Å². The van der Waals surface area contributed by atoms with E-state index in [0.717, 1.165) is 51.1 Å². The third-order valence-electron chi connectivity index (χ3n) is 5.54. The van der Waals surface area contributed by atoms with Gasteiger partial charge in [-0.05, 0) is 56.8 Å². The summed E-state index contributed by atoms with van der Waals surface area (Å²) in [6.45, 7) is 7.52. The summed E-state index contributed by atoms with van der Waals surface area (Å²) in [5.74, 6) is 1.04. The number of ether oxygens (including phenoxy) is 1. The molecule has 0 saturated carbocycles. The molecule has 0 spiro atoms. The Morgan fingerprint density at radius 2 is 2.23 bits per heavy atom. The SMILES string of the molecule is CC(C)n1cc([C@@]2(O)CCCN(CCc3ccc4c(c3)CCO4)C2)nn1. The van der Waals surface area contributed by atoms with Crippen molar-refractivity contribution in [2.24, 2.45) is 0 Å². The van der Waals surface area contributed by atoms with Crippen LogP contribution in [0.15, 0.2) is 24.4 Å². The highest BCUT2D eigenvalue weighted by atomic mass is 16.5. The predicted molar refractivity (Wildman–Crippen MR) is 99.3 cm³/mol. The number of hydrogen-bond donors (Lipinski definition) is 1. The van der Waals surface area contributed by atoms with Crippen molar-refractivity contribution in [1.29, 1.82) is 0 Å². The lowest BCUT2D eigenvalue weighted by atomic mass is 9.89. The summed E-state index contributed by atoms with van der Waals surface area (Å²) in [5, 5.41) is 19.6. The molecule has 0 bridgehead atoms. The molecule has 1 saturated heterocycles. The Hall–Kier alpha value is -1.92. The zero-order valence-electron chi connectivity index (χ0n) is 15.7. The third-order valence-corrected chi connectivity index (χ3v) is 5.54. The molecular formula is C20H28N4O2. The van der Waals surface area contributed by atoms with Crippen LogP contribution in [0.2, 0.25) is 0 Å². The maximum atomic E-state index is 11.2. The van der Waals surface area contributed by atoms with E-state index in [1.165, 1.54) is 11.1 Å². The van der Waals surface area contributed by atoms with E-state index in [9.17, 15) is 5.11 Å². The highest BCUT2D eigenvalue weighted by molar-refractivity contribution is 5.39. The van der Waals surface area contributed by atoms with Gasteiger partial charge in [0.2, 0.25) is 0 Å². The van der Waals surface area contributed by atoms with Crippen LogP contribution < -0.4 is 4.74 Å². The molecule has 0 radical (unpaired) electrons. The molecule has 26 heavy (non-hydrogen) atoms. The first-order chi connectivity index (χ1) is 12.5. The van der Waals surface area contributed by atoms with Gasteiger partial charge in [-0.1, -0.05) is 17.3 Å². The molecule has 3 heterocycles. The zero-order valence-corrected chi connectivity index (χ0v) is 15.7. The normalized spacial score (nSPS) is 23.2. The fourth-order valence-electron chi connectivity index (χ4n) is 3.95. The van der Waals surface area contributed by atoms with Crippen LogP contribution in [-0.2, 0) is 18.4 Å². The molecule has 0 aliphatic carbocycles. The lowest BCUT2D eigenvalue weighted by Crippen LogP contribution is -2.47. The van der Waals surface area contributed by atoms with Gasteiger partial charge in [-0.2, -0.15) is 0 Å². The number of aliphatic hydroxyl groups is 1. The molecule has 6 heteroatoms. The minimum atomic E-state index is -0.892. The minimum Gasteiger partial charge on any atom is -0.493 e. The van der Waals surface area contributed by atoms with Crippen molar-refractivity contribution in [3.05, 3.63) is 41.2 Å². The maximum Gasteiger partial charge on any atom is 0.123 e. The zero-order chi connectivity index (χ0) is 18.1. The van der Waals surface area contributed by atoms with E-state index in [1.807, 2.05) is 10.9 Å². The first-order valence-corrected chi connectivity index (χ1v) is 9.65. The van der Waals surface area contributed by atoms with E-state index >= 15 is 0 Å². The molecule has 1 atom stereocenters. The number of likely N-dealkylation sites (tertiary alicyclic amines) is 1. The fourth-order valence-corrected chi connectivity index (χ4v) is 3.95. The van der Waals surface area contributed by atoms with E-state index in [4.69, 9.17) is 4.74 Å². The molecule has 6 nitrogen and oxygen atoms in total. The van der Waals surface area contributed by atoms with E-state index in [-0.39, 0.29) is 6.04 Å². The Balaban J connectivity index is 1.40.